The Kier molecular flexibility index (Phi) is 14.8. The van der Waals surface area contributed by atoms with E-state index in [9.17, 15) is 31.9 Å². The topological polar surface area (TPSA) is 125 Å². The predicted octanol–water partition coefficient (Wildman–Crippen LogP) is 5.62. The van der Waals surface area contributed by atoms with Crippen LogP contribution in [0.5, 0.6) is 5.75 Å². The Morgan fingerprint density at radius 1 is 0.809 bits per heavy atom. The molecule has 256 valence electrons. The maximum absolute atomic E-state index is 14.1. The van der Waals surface area contributed by atoms with E-state index in [1.165, 1.54) is 42.0 Å². The quantitative estimate of drug-likeness (QED) is 0.123. The van der Waals surface area contributed by atoms with Crippen LogP contribution in [0.2, 0.25) is 0 Å². The number of aromatic hydroxyl groups is 1. The molecule has 0 aromatic heterocycles. The largest absolute Gasteiger partial charge is 0.508 e. The highest BCUT2D eigenvalue weighted by Crippen LogP contribution is 2.18. The summed E-state index contributed by atoms with van der Waals surface area (Å²) >= 11 is 0. The number of amides is 2. The van der Waals surface area contributed by atoms with E-state index in [4.69, 9.17) is 0 Å². The van der Waals surface area contributed by atoms with Crippen LogP contribution in [0.3, 0.4) is 0 Å². The van der Waals surface area contributed by atoms with E-state index >= 15 is 0 Å². The van der Waals surface area contributed by atoms with Gasteiger partial charge in [0, 0.05) is 24.2 Å². The van der Waals surface area contributed by atoms with Crippen LogP contribution in [0.4, 0.5) is 8.78 Å². The first-order chi connectivity index (χ1) is 22.4. The van der Waals surface area contributed by atoms with Crippen molar-refractivity contribution >= 4 is 21.7 Å². The molecular weight excluding hydrogens is 624 g/mol. The molecule has 11 heteroatoms. The molecule has 0 radical (unpaired) electrons. The van der Waals surface area contributed by atoms with Crippen LogP contribution in [-0.2, 0) is 34.0 Å². The summed E-state index contributed by atoms with van der Waals surface area (Å²) in [5.41, 5.74) is 2.67. The van der Waals surface area contributed by atoms with Crippen molar-refractivity contribution in [3.8, 4) is 5.75 Å². The summed E-state index contributed by atoms with van der Waals surface area (Å²) in [6.45, 7) is 6.86. The van der Waals surface area contributed by atoms with Gasteiger partial charge in [0.15, 0.2) is 9.84 Å². The lowest BCUT2D eigenvalue weighted by atomic mass is 10.0. The SMILES string of the molecule is CCCC(CCC)S(=O)(=O)CC(NC(=O)c1cccc(O)c1)C(=O)N[C@H](CCNCc1cccc(CC)c1)Cc1cc(F)cc(F)c1. The number of benzene rings is 3. The highest BCUT2D eigenvalue weighted by molar-refractivity contribution is 7.92. The van der Waals surface area contributed by atoms with Crippen LogP contribution in [0.25, 0.3) is 0 Å². The van der Waals surface area contributed by atoms with Crippen molar-refractivity contribution in [3.05, 3.63) is 101 Å². The fraction of sp³-hybridized carbons (Fsp3) is 0.444. The summed E-state index contributed by atoms with van der Waals surface area (Å²) in [7, 11) is -3.83. The zero-order valence-electron chi connectivity index (χ0n) is 27.4. The normalized spacial score (nSPS) is 12.9. The van der Waals surface area contributed by atoms with Crippen molar-refractivity contribution in [1.82, 2.24) is 16.0 Å². The molecule has 8 nitrogen and oxygen atoms in total. The zero-order chi connectivity index (χ0) is 34.4. The Morgan fingerprint density at radius 2 is 1.47 bits per heavy atom. The Hall–Kier alpha value is -3.83. The molecule has 3 rings (SSSR count). The second-order valence-corrected chi connectivity index (χ2v) is 14.3. The average molecular weight is 672 g/mol. The zero-order valence-corrected chi connectivity index (χ0v) is 28.2. The van der Waals surface area contributed by atoms with Crippen LogP contribution in [0, 0.1) is 11.6 Å². The highest BCUT2D eigenvalue weighted by Gasteiger charge is 2.33. The van der Waals surface area contributed by atoms with E-state index < -0.39 is 56.4 Å². The van der Waals surface area contributed by atoms with Gasteiger partial charge in [-0.25, -0.2) is 17.2 Å². The van der Waals surface area contributed by atoms with Gasteiger partial charge < -0.3 is 21.1 Å². The summed E-state index contributed by atoms with van der Waals surface area (Å²) in [5.74, 6) is -3.74. The molecule has 0 heterocycles. The minimum absolute atomic E-state index is 0.0574. The lowest BCUT2D eigenvalue weighted by molar-refractivity contribution is -0.123. The third-order valence-corrected chi connectivity index (χ3v) is 10.3. The Bertz CT molecular complexity index is 1560. The third kappa shape index (κ3) is 12.4. The smallest absolute Gasteiger partial charge is 0.252 e. The lowest BCUT2D eigenvalue weighted by Crippen LogP contribution is -2.54. The molecule has 0 saturated carbocycles. The van der Waals surface area contributed by atoms with Crippen molar-refractivity contribution in [2.45, 2.75) is 89.6 Å². The number of nitrogens with one attached hydrogen (secondary N) is 3. The minimum Gasteiger partial charge on any atom is -0.508 e. The molecule has 1 unspecified atom stereocenters. The maximum Gasteiger partial charge on any atom is 0.252 e. The van der Waals surface area contributed by atoms with E-state index in [2.05, 4.69) is 35.0 Å². The van der Waals surface area contributed by atoms with Crippen molar-refractivity contribution < 1.29 is 31.9 Å². The van der Waals surface area contributed by atoms with Crippen LogP contribution in [0.15, 0.2) is 66.7 Å². The van der Waals surface area contributed by atoms with Gasteiger partial charge in [0.1, 0.15) is 23.4 Å². The molecule has 2 atom stereocenters. The first kappa shape index (κ1) is 37.6. The van der Waals surface area contributed by atoms with Crippen molar-refractivity contribution in [2.24, 2.45) is 0 Å². The predicted molar refractivity (Wildman–Crippen MR) is 181 cm³/mol. The highest BCUT2D eigenvalue weighted by atomic mass is 32.2. The van der Waals surface area contributed by atoms with Gasteiger partial charge in [-0.2, -0.15) is 0 Å². The van der Waals surface area contributed by atoms with Crippen LogP contribution in [-0.4, -0.2) is 55.0 Å². The number of hydrogen-bond acceptors (Lipinski definition) is 6. The van der Waals surface area contributed by atoms with Crippen molar-refractivity contribution in [3.63, 3.8) is 0 Å². The summed E-state index contributed by atoms with van der Waals surface area (Å²) in [6, 6.07) is 14.7. The monoisotopic (exact) mass is 671 g/mol. The first-order valence-electron chi connectivity index (χ1n) is 16.3. The number of hydrogen-bond donors (Lipinski definition) is 4. The third-order valence-electron chi connectivity index (χ3n) is 8.01. The molecule has 0 aliphatic rings. The number of sulfone groups is 1. The number of phenolic OH excluding ortho intramolecular Hbond substituents is 1. The van der Waals surface area contributed by atoms with Gasteiger partial charge in [0.2, 0.25) is 5.91 Å². The number of carbonyl (C=O) groups excluding carboxylic acids is 2. The van der Waals surface area contributed by atoms with Gasteiger partial charge in [-0.15, -0.1) is 0 Å². The second-order valence-electron chi connectivity index (χ2n) is 11.9. The van der Waals surface area contributed by atoms with Gasteiger partial charge in [-0.1, -0.05) is 63.9 Å². The first-order valence-corrected chi connectivity index (χ1v) is 18.0. The molecule has 0 aliphatic carbocycles. The Balaban J connectivity index is 1.84. The molecule has 3 aromatic carbocycles. The standard InChI is InChI=1S/C36H47F2N3O5S/c1-4-9-33(10-5-2)47(45,46)24-34(41-35(43)28-13-8-14-32(42)21-28)36(44)40-31(20-27-18-29(37)22-30(38)19-27)15-16-39-23-26-12-7-11-25(6-3)17-26/h7-8,11-14,17-19,21-22,31,33-34,39,42H,4-6,9-10,15-16,20,23-24H2,1-3H3,(H,40,44)(H,41,43)/t31-,34?/m1/s1. The maximum atomic E-state index is 14.1. The molecule has 47 heavy (non-hydrogen) atoms. The van der Waals surface area contributed by atoms with Crippen molar-refractivity contribution in [1.29, 1.82) is 0 Å². The van der Waals surface area contributed by atoms with E-state index in [0.717, 1.165) is 18.1 Å². The molecule has 0 saturated heterocycles. The fourth-order valence-electron chi connectivity index (χ4n) is 5.60. The van der Waals surface area contributed by atoms with Crippen LogP contribution in [0.1, 0.15) is 79.9 Å². The summed E-state index contributed by atoms with van der Waals surface area (Å²) in [6.07, 6.45) is 3.45. The molecule has 3 aromatic rings. The van der Waals surface area contributed by atoms with Crippen LogP contribution < -0.4 is 16.0 Å². The molecule has 0 aliphatic heterocycles. The molecule has 4 N–H and O–H groups in total. The lowest BCUT2D eigenvalue weighted by Gasteiger charge is -2.26. The van der Waals surface area contributed by atoms with E-state index in [1.807, 2.05) is 26.0 Å². The summed E-state index contributed by atoms with van der Waals surface area (Å²) < 4.78 is 55.3. The minimum atomic E-state index is -3.83. The van der Waals surface area contributed by atoms with E-state index in [0.29, 0.717) is 50.8 Å². The summed E-state index contributed by atoms with van der Waals surface area (Å²) in [5, 5.41) is 18.0. The van der Waals surface area contributed by atoms with Crippen molar-refractivity contribution in [2.75, 3.05) is 12.3 Å². The number of rotatable bonds is 19. The van der Waals surface area contributed by atoms with Gasteiger partial charge in [-0.3, -0.25) is 9.59 Å². The van der Waals surface area contributed by atoms with Gasteiger partial charge in [0.25, 0.3) is 5.91 Å². The summed E-state index contributed by atoms with van der Waals surface area (Å²) in [4.78, 5) is 27.0. The van der Waals surface area contributed by atoms with E-state index in [1.54, 1.807) is 0 Å². The Morgan fingerprint density at radius 3 is 2.11 bits per heavy atom. The number of halogens is 2. The molecule has 0 spiro atoms. The molecule has 0 bridgehead atoms. The van der Waals surface area contributed by atoms with Gasteiger partial charge >= 0.3 is 0 Å². The second kappa shape index (κ2) is 18.5. The molecule has 2 amide bonds. The molecular formula is C36H47F2N3O5S. The number of aryl methyl sites for hydroxylation is 1. The van der Waals surface area contributed by atoms with Crippen LogP contribution >= 0.6 is 0 Å². The van der Waals surface area contributed by atoms with Gasteiger partial charge in [0.05, 0.1) is 11.0 Å². The van der Waals surface area contributed by atoms with Gasteiger partial charge in [-0.05, 0) is 85.7 Å². The number of carbonyl (C=O) groups is 2. The number of phenols is 1. The molecule has 0 fully saturated rings. The van der Waals surface area contributed by atoms with E-state index in [-0.39, 0.29) is 17.7 Å². The fourth-order valence-corrected chi connectivity index (χ4v) is 7.76. The Labute approximate surface area is 277 Å². The average Bonchev–Trinajstić information content (AvgIpc) is 3.02.